The highest BCUT2D eigenvalue weighted by molar-refractivity contribution is 6.31. The second-order valence-electron chi connectivity index (χ2n) is 12.4. The molecule has 6 rings (SSSR count). The van der Waals surface area contributed by atoms with Gasteiger partial charge in [0.2, 0.25) is 0 Å². The minimum Gasteiger partial charge on any atom is -0.295 e. The average Bonchev–Trinajstić information content (AvgIpc) is 3.11. The minimum atomic E-state index is 0.121. The molecule has 0 radical (unpaired) electrons. The minimum absolute atomic E-state index is 0.121. The van der Waals surface area contributed by atoms with Crippen LogP contribution in [0.1, 0.15) is 34.2 Å². The predicted octanol–water partition coefficient (Wildman–Crippen LogP) is 12.6. The van der Waals surface area contributed by atoms with E-state index < -0.39 is 0 Å². The summed E-state index contributed by atoms with van der Waals surface area (Å²) in [5.74, 6) is 0. The molecule has 0 saturated heterocycles. The Morgan fingerprint density at radius 1 is 0.469 bits per heavy atom. The highest BCUT2D eigenvalue weighted by Gasteiger charge is 2.20. The molecule has 6 heteroatoms. The first-order chi connectivity index (χ1) is 23.9. The molecule has 0 aliphatic rings. The summed E-state index contributed by atoms with van der Waals surface area (Å²) in [6, 6.07) is 47.9. The molecule has 6 aromatic rings. The maximum Gasteiger partial charge on any atom is 0.0406 e. The third kappa shape index (κ3) is 10.7. The molecule has 0 aliphatic carbocycles. The first-order valence-corrected chi connectivity index (χ1v) is 18.0. The number of fused-ring (bicyclic) bond motifs is 1. The molecular weight excluding hydrogens is 686 g/mol. The first-order valence-electron chi connectivity index (χ1n) is 16.5. The third-order valence-electron chi connectivity index (χ3n) is 8.73. The van der Waals surface area contributed by atoms with Crippen LogP contribution in [0.2, 0.25) is 20.1 Å². The lowest BCUT2D eigenvalue weighted by Crippen LogP contribution is -2.36. The van der Waals surface area contributed by atoms with E-state index in [0.29, 0.717) is 0 Å². The standard InChI is InChI=1S/C43H38Cl4N2/c44-39-16-6-33(7-17-39)28-48(29-34-8-18-40(45)19-9-34)26-25-43(24-14-32-5-15-37-3-1-2-4-38(37)27-32)49(30-35-10-20-41(46)21-11-35)31-36-12-22-42(47)23-13-36/h1-24,27,43H,25-26,28-31H2/b24-14+/t43-/m1/s1. The Morgan fingerprint density at radius 2 is 0.898 bits per heavy atom. The highest BCUT2D eigenvalue weighted by Crippen LogP contribution is 2.24. The van der Waals surface area contributed by atoms with Gasteiger partial charge in [0.25, 0.3) is 0 Å². The topological polar surface area (TPSA) is 6.48 Å². The van der Waals surface area contributed by atoms with Crippen molar-refractivity contribution in [1.82, 2.24) is 9.80 Å². The van der Waals surface area contributed by atoms with Gasteiger partial charge in [-0.1, -0.05) is 143 Å². The second kappa shape index (κ2) is 17.4. The van der Waals surface area contributed by atoms with Crippen LogP contribution in [-0.4, -0.2) is 22.4 Å². The lowest BCUT2D eigenvalue weighted by atomic mass is 10.0. The van der Waals surface area contributed by atoms with Crippen molar-refractivity contribution in [2.24, 2.45) is 0 Å². The van der Waals surface area contributed by atoms with Crippen LogP contribution >= 0.6 is 46.4 Å². The zero-order chi connectivity index (χ0) is 34.0. The smallest absolute Gasteiger partial charge is 0.0406 e. The predicted molar refractivity (Wildman–Crippen MR) is 211 cm³/mol. The molecular formula is C43H38Cl4N2. The molecule has 0 spiro atoms. The molecule has 0 saturated carbocycles. The summed E-state index contributed by atoms with van der Waals surface area (Å²) in [4.78, 5) is 5.05. The monoisotopic (exact) mass is 722 g/mol. The molecule has 0 fully saturated rings. The van der Waals surface area contributed by atoms with Gasteiger partial charge in [0, 0.05) is 58.9 Å². The van der Waals surface area contributed by atoms with Gasteiger partial charge in [0.05, 0.1) is 0 Å². The quantitative estimate of drug-likeness (QED) is 0.110. The lowest BCUT2D eigenvalue weighted by Gasteiger charge is -2.32. The molecule has 0 bridgehead atoms. The van der Waals surface area contributed by atoms with Crippen molar-refractivity contribution in [1.29, 1.82) is 0 Å². The van der Waals surface area contributed by atoms with Crippen molar-refractivity contribution in [3.05, 3.63) is 194 Å². The van der Waals surface area contributed by atoms with Gasteiger partial charge in [0.15, 0.2) is 0 Å². The van der Waals surface area contributed by atoms with E-state index in [-0.39, 0.29) is 6.04 Å². The Labute approximate surface area is 310 Å². The summed E-state index contributed by atoms with van der Waals surface area (Å²) >= 11 is 25.1. The summed E-state index contributed by atoms with van der Waals surface area (Å²) in [6.07, 6.45) is 5.56. The molecule has 0 N–H and O–H groups in total. The van der Waals surface area contributed by atoms with Crippen molar-refractivity contribution >= 4 is 63.3 Å². The molecule has 0 aromatic heterocycles. The molecule has 2 nitrogen and oxygen atoms in total. The van der Waals surface area contributed by atoms with Crippen molar-refractivity contribution in [3.8, 4) is 0 Å². The van der Waals surface area contributed by atoms with Crippen molar-refractivity contribution in [2.45, 2.75) is 38.6 Å². The van der Waals surface area contributed by atoms with E-state index in [1.807, 2.05) is 48.5 Å². The molecule has 1 atom stereocenters. The zero-order valence-corrected chi connectivity index (χ0v) is 30.2. The molecule has 0 aliphatic heterocycles. The normalized spacial score (nSPS) is 12.4. The number of halogens is 4. The van der Waals surface area contributed by atoms with E-state index in [4.69, 9.17) is 46.4 Å². The Kier molecular flexibility index (Phi) is 12.5. The van der Waals surface area contributed by atoms with E-state index >= 15 is 0 Å². The third-order valence-corrected chi connectivity index (χ3v) is 9.74. The van der Waals surface area contributed by atoms with Gasteiger partial charge in [-0.2, -0.15) is 0 Å². The summed E-state index contributed by atoms with van der Waals surface area (Å²) in [7, 11) is 0. The van der Waals surface area contributed by atoms with Crippen LogP contribution in [0.3, 0.4) is 0 Å². The van der Waals surface area contributed by atoms with Gasteiger partial charge in [-0.3, -0.25) is 9.80 Å². The van der Waals surface area contributed by atoms with Gasteiger partial charge in [-0.15, -0.1) is 0 Å². The van der Waals surface area contributed by atoms with Crippen LogP contribution in [0.25, 0.3) is 16.8 Å². The van der Waals surface area contributed by atoms with Gasteiger partial charge >= 0.3 is 0 Å². The molecule has 248 valence electrons. The fourth-order valence-corrected chi connectivity index (χ4v) is 6.60. The summed E-state index contributed by atoms with van der Waals surface area (Å²) in [5, 5.41) is 5.43. The molecule has 0 heterocycles. The Bertz CT molecular complexity index is 1860. The maximum atomic E-state index is 6.29. The summed E-state index contributed by atoms with van der Waals surface area (Å²) in [5.41, 5.74) is 6.05. The molecule has 0 unspecified atom stereocenters. The zero-order valence-electron chi connectivity index (χ0n) is 27.2. The number of nitrogens with zero attached hydrogens (tertiary/aromatic N) is 2. The number of rotatable bonds is 14. The fraction of sp³-hybridized carbons (Fsp3) is 0.163. The Morgan fingerprint density at radius 3 is 1.37 bits per heavy atom. The lowest BCUT2D eigenvalue weighted by molar-refractivity contribution is 0.171. The number of hydrogen-bond acceptors (Lipinski definition) is 2. The van der Waals surface area contributed by atoms with Crippen LogP contribution in [0, 0.1) is 0 Å². The largest absolute Gasteiger partial charge is 0.295 e. The fourth-order valence-electron chi connectivity index (χ4n) is 6.10. The van der Waals surface area contributed by atoms with E-state index in [2.05, 4.69) is 113 Å². The van der Waals surface area contributed by atoms with Crippen molar-refractivity contribution < 1.29 is 0 Å². The van der Waals surface area contributed by atoms with Crippen LogP contribution in [0.4, 0.5) is 0 Å². The van der Waals surface area contributed by atoms with Gasteiger partial charge in [-0.25, -0.2) is 0 Å². The number of hydrogen-bond donors (Lipinski definition) is 0. The van der Waals surface area contributed by atoms with E-state index in [9.17, 15) is 0 Å². The van der Waals surface area contributed by atoms with Gasteiger partial charge in [-0.05, 0) is 99.6 Å². The maximum absolute atomic E-state index is 6.29. The van der Waals surface area contributed by atoms with E-state index in [0.717, 1.165) is 59.2 Å². The SMILES string of the molecule is Clc1ccc(CN(CC[C@@H](/C=C/c2ccc3ccccc3c2)N(Cc2ccc(Cl)cc2)Cc2ccc(Cl)cc2)Cc2ccc(Cl)cc2)cc1. The Balaban J connectivity index is 1.32. The van der Waals surface area contributed by atoms with E-state index in [1.165, 1.54) is 38.6 Å². The van der Waals surface area contributed by atoms with E-state index in [1.54, 1.807) is 0 Å². The second-order valence-corrected chi connectivity index (χ2v) is 14.2. The summed E-state index contributed by atoms with van der Waals surface area (Å²) in [6.45, 7) is 4.00. The van der Waals surface area contributed by atoms with Gasteiger partial charge < -0.3 is 0 Å². The van der Waals surface area contributed by atoms with Crippen LogP contribution in [0.5, 0.6) is 0 Å². The molecule has 0 amide bonds. The Hall–Kier alpha value is -3.60. The van der Waals surface area contributed by atoms with Crippen molar-refractivity contribution in [2.75, 3.05) is 6.54 Å². The average molecular weight is 725 g/mol. The van der Waals surface area contributed by atoms with Crippen LogP contribution < -0.4 is 0 Å². The van der Waals surface area contributed by atoms with Crippen molar-refractivity contribution in [3.63, 3.8) is 0 Å². The summed E-state index contributed by atoms with van der Waals surface area (Å²) < 4.78 is 0. The van der Waals surface area contributed by atoms with Crippen LogP contribution in [-0.2, 0) is 26.2 Å². The first kappa shape index (κ1) is 35.2. The number of benzene rings is 6. The highest BCUT2D eigenvalue weighted by atomic mass is 35.5. The molecule has 6 aromatic carbocycles. The van der Waals surface area contributed by atoms with Crippen LogP contribution in [0.15, 0.2) is 146 Å². The van der Waals surface area contributed by atoms with Gasteiger partial charge in [0.1, 0.15) is 0 Å². The molecule has 49 heavy (non-hydrogen) atoms.